The SMILES string of the molecule is CCC(C)OC(=O)C(N)CCCc1ccc(N)cc1. The van der Waals surface area contributed by atoms with Crippen LogP contribution in [0.25, 0.3) is 0 Å². The highest BCUT2D eigenvalue weighted by molar-refractivity contribution is 5.75. The van der Waals surface area contributed by atoms with Crippen molar-refractivity contribution in [2.75, 3.05) is 5.73 Å². The Morgan fingerprint density at radius 1 is 1.32 bits per heavy atom. The lowest BCUT2D eigenvalue weighted by Crippen LogP contribution is -2.34. The molecule has 0 aliphatic rings. The molecule has 0 heterocycles. The molecule has 0 saturated carbocycles. The lowest BCUT2D eigenvalue weighted by molar-refractivity contribution is -0.150. The van der Waals surface area contributed by atoms with E-state index in [1.165, 1.54) is 5.56 Å². The number of anilines is 1. The molecule has 19 heavy (non-hydrogen) atoms. The fraction of sp³-hybridized carbons (Fsp3) is 0.533. The van der Waals surface area contributed by atoms with Crippen LogP contribution in [0.1, 0.15) is 38.7 Å². The lowest BCUT2D eigenvalue weighted by atomic mass is 10.0. The quantitative estimate of drug-likeness (QED) is 0.585. The zero-order valence-corrected chi connectivity index (χ0v) is 11.8. The molecule has 0 aliphatic carbocycles. The molecule has 0 bridgehead atoms. The van der Waals surface area contributed by atoms with E-state index in [1.54, 1.807) is 0 Å². The molecule has 2 unspecified atom stereocenters. The van der Waals surface area contributed by atoms with Gasteiger partial charge < -0.3 is 16.2 Å². The number of carbonyl (C=O) groups is 1. The van der Waals surface area contributed by atoms with Gasteiger partial charge in [-0.3, -0.25) is 4.79 Å². The van der Waals surface area contributed by atoms with Crippen molar-refractivity contribution in [2.45, 2.75) is 51.7 Å². The van der Waals surface area contributed by atoms with Crippen LogP contribution in [-0.2, 0) is 16.0 Å². The number of aryl methyl sites for hydroxylation is 1. The first-order valence-corrected chi connectivity index (χ1v) is 6.83. The van der Waals surface area contributed by atoms with Gasteiger partial charge in [0.1, 0.15) is 6.04 Å². The molecule has 0 amide bonds. The summed E-state index contributed by atoms with van der Waals surface area (Å²) in [6.07, 6.45) is 3.14. The average Bonchev–Trinajstić information content (AvgIpc) is 2.40. The largest absolute Gasteiger partial charge is 0.462 e. The molecule has 4 heteroatoms. The van der Waals surface area contributed by atoms with E-state index in [0.29, 0.717) is 6.42 Å². The van der Waals surface area contributed by atoms with Gasteiger partial charge in [0.25, 0.3) is 0 Å². The van der Waals surface area contributed by atoms with Crippen LogP contribution in [-0.4, -0.2) is 18.1 Å². The van der Waals surface area contributed by atoms with E-state index in [2.05, 4.69) is 0 Å². The zero-order chi connectivity index (χ0) is 14.3. The normalized spacial score (nSPS) is 13.8. The number of esters is 1. The Balaban J connectivity index is 2.28. The van der Waals surface area contributed by atoms with Crippen LogP contribution in [0.2, 0.25) is 0 Å². The Labute approximate surface area is 115 Å². The van der Waals surface area contributed by atoms with Crippen molar-refractivity contribution in [3.05, 3.63) is 29.8 Å². The van der Waals surface area contributed by atoms with Gasteiger partial charge in [0.2, 0.25) is 0 Å². The first-order valence-electron chi connectivity index (χ1n) is 6.83. The van der Waals surface area contributed by atoms with E-state index in [0.717, 1.165) is 24.9 Å². The molecule has 0 saturated heterocycles. The van der Waals surface area contributed by atoms with E-state index < -0.39 is 6.04 Å². The van der Waals surface area contributed by atoms with E-state index >= 15 is 0 Å². The van der Waals surface area contributed by atoms with Gasteiger partial charge in [-0.1, -0.05) is 19.1 Å². The number of benzene rings is 1. The third-order valence-corrected chi connectivity index (χ3v) is 3.16. The van der Waals surface area contributed by atoms with Gasteiger partial charge in [0, 0.05) is 5.69 Å². The van der Waals surface area contributed by atoms with Crippen LogP contribution in [0.15, 0.2) is 24.3 Å². The monoisotopic (exact) mass is 264 g/mol. The number of rotatable bonds is 7. The molecular formula is C15H24N2O2. The fourth-order valence-electron chi connectivity index (χ4n) is 1.70. The summed E-state index contributed by atoms with van der Waals surface area (Å²) in [6, 6.07) is 7.23. The fourth-order valence-corrected chi connectivity index (χ4v) is 1.70. The highest BCUT2D eigenvalue weighted by Gasteiger charge is 2.16. The van der Waals surface area contributed by atoms with Gasteiger partial charge in [-0.2, -0.15) is 0 Å². The third kappa shape index (κ3) is 5.75. The molecule has 0 radical (unpaired) electrons. The molecule has 0 aromatic heterocycles. The molecule has 106 valence electrons. The van der Waals surface area contributed by atoms with Gasteiger partial charge in [0.05, 0.1) is 6.10 Å². The molecular weight excluding hydrogens is 240 g/mol. The smallest absolute Gasteiger partial charge is 0.323 e. The van der Waals surface area contributed by atoms with Crippen LogP contribution in [0, 0.1) is 0 Å². The molecule has 0 spiro atoms. The molecule has 4 nitrogen and oxygen atoms in total. The molecule has 0 fully saturated rings. The van der Waals surface area contributed by atoms with Crippen LogP contribution in [0.5, 0.6) is 0 Å². The molecule has 0 aliphatic heterocycles. The molecule has 1 rings (SSSR count). The van der Waals surface area contributed by atoms with Gasteiger partial charge in [-0.15, -0.1) is 0 Å². The number of ether oxygens (including phenoxy) is 1. The van der Waals surface area contributed by atoms with E-state index in [1.807, 2.05) is 38.1 Å². The summed E-state index contributed by atoms with van der Waals surface area (Å²) < 4.78 is 5.20. The number of nitrogen functional groups attached to an aromatic ring is 1. The van der Waals surface area contributed by atoms with Crippen molar-refractivity contribution in [2.24, 2.45) is 5.73 Å². The number of hydrogen-bond acceptors (Lipinski definition) is 4. The van der Waals surface area contributed by atoms with E-state index in [-0.39, 0.29) is 12.1 Å². The Hall–Kier alpha value is -1.55. The van der Waals surface area contributed by atoms with Crippen molar-refractivity contribution in [1.82, 2.24) is 0 Å². The van der Waals surface area contributed by atoms with Crippen molar-refractivity contribution in [3.8, 4) is 0 Å². The van der Waals surface area contributed by atoms with Crippen molar-refractivity contribution >= 4 is 11.7 Å². The van der Waals surface area contributed by atoms with Crippen LogP contribution >= 0.6 is 0 Å². The molecule has 4 N–H and O–H groups in total. The molecule has 1 aromatic carbocycles. The first kappa shape index (κ1) is 15.5. The highest BCUT2D eigenvalue weighted by Crippen LogP contribution is 2.10. The van der Waals surface area contributed by atoms with Gasteiger partial charge in [-0.25, -0.2) is 0 Å². The number of hydrogen-bond donors (Lipinski definition) is 2. The zero-order valence-electron chi connectivity index (χ0n) is 11.8. The van der Waals surface area contributed by atoms with Gasteiger partial charge >= 0.3 is 5.97 Å². The maximum Gasteiger partial charge on any atom is 0.323 e. The van der Waals surface area contributed by atoms with Crippen molar-refractivity contribution in [3.63, 3.8) is 0 Å². The summed E-state index contributed by atoms with van der Waals surface area (Å²) in [5.74, 6) is -0.299. The Bertz CT molecular complexity index is 390. The molecule has 1 aromatic rings. The van der Waals surface area contributed by atoms with Crippen LogP contribution in [0.3, 0.4) is 0 Å². The first-order chi connectivity index (χ1) is 9.02. The summed E-state index contributed by atoms with van der Waals surface area (Å²) in [7, 11) is 0. The number of nitrogens with two attached hydrogens (primary N) is 2. The second kappa shape index (κ2) is 7.79. The van der Waals surface area contributed by atoms with Crippen LogP contribution < -0.4 is 11.5 Å². The topological polar surface area (TPSA) is 78.3 Å². The van der Waals surface area contributed by atoms with E-state index in [4.69, 9.17) is 16.2 Å². The third-order valence-electron chi connectivity index (χ3n) is 3.16. The highest BCUT2D eigenvalue weighted by atomic mass is 16.5. The van der Waals surface area contributed by atoms with Crippen molar-refractivity contribution in [1.29, 1.82) is 0 Å². The predicted octanol–water partition coefficient (Wildman–Crippen LogP) is 2.26. The number of carbonyl (C=O) groups excluding carboxylic acids is 1. The second-order valence-corrected chi connectivity index (χ2v) is 4.90. The summed E-state index contributed by atoms with van der Waals surface area (Å²) in [5, 5.41) is 0. The standard InChI is InChI=1S/C15H24N2O2/c1-3-11(2)19-15(18)14(17)6-4-5-12-7-9-13(16)10-8-12/h7-11,14H,3-6,16-17H2,1-2H3. The van der Waals surface area contributed by atoms with Crippen LogP contribution in [0.4, 0.5) is 5.69 Å². The van der Waals surface area contributed by atoms with E-state index in [9.17, 15) is 4.79 Å². The average molecular weight is 264 g/mol. The predicted molar refractivity (Wildman–Crippen MR) is 77.6 cm³/mol. The van der Waals surface area contributed by atoms with Gasteiger partial charge in [-0.05, 0) is 50.3 Å². The maximum atomic E-state index is 11.6. The summed E-state index contributed by atoms with van der Waals surface area (Å²) in [6.45, 7) is 3.85. The second-order valence-electron chi connectivity index (χ2n) is 4.90. The molecule has 2 atom stereocenters. The summed E-state index contributed by atoms with van der Waals surface area (Å²) in [5.41, 5.74) is 13.4. The minimum atomic E-state index is -0.525. The Kier molecular flexibility index (Phi) is 6.36. The Morgan fingerprint density at radius 2 is 1.95 bits per heavy atom. The Morgan fingerprint density at radius 3 is 2.53 bits per heavy atom. The van der Waals surface area contributed by atoms with Gasteiger partial charge in [0.15, 0.2) is 0 Å². The van der Waals surface area contributed by atoms with Crippen molar-refractivity contribution < 1.29 is 9.53 Å². The minimum absolute atomic E-state index is 0.0596. The minimum Gasteiger partial charge on any atom is -0.462 e. The summed E-state index contributed by atoms with van der Waals surface area (Å²) in [4.78, 5) is 11.6. The lowest BCUT2D eigenvalue weighted by Gasteiger charge is -2.15. The summed E-state index contributed by atoms with van der Waals surface area (Å²) >= 11 is 0. The maximum absolute atomic E-state index is 11.6.